The van der Waals surface area contributed by atoms with E-state index in [1.54, 1.807) is 0 Å². The zero-order valence-corrected chi connectivity index (χ0v) is 10.2. The SMILES string of the molecule is ONCCCCCN(CCCl)C1CCC1. The molecule has 1 saturated carbocycles. The second-order valence-electron chi connectivity index (χ2n) is 4.28. The molecule has 0 heterocycles. The topological polar surface area (TPSA) is 35.5 Å². The Balaban J connectivity index is 2.03. The monoisotopic (exact) mass is 234 g/mol. The van der Waals surface area contributed by atoms with Crippen LogP contribution < -0.4 is 5.48 Å². The average molecular weight is 235 g/mol. The van der Waals surface area contributed by atoms with Gasteiger partial charge in [-0.3, -0.25) is 4.90 Å². The molecule has 0 unspecified atom stereocenters. The molecule has 1 fully saturated rings. The number of hydrogen-bond donors (Lipinski definition) is 2. The van der Waals surface area contributed by atoms with Crippen molar-refractivity contribution in [2.24, 2.45) is 0 Å². The molecule has 0 radical (unpaired) electrons. The van der Waals surface area contributed by atoms with E-state index in [1.165, 1.54) is 38.6 Å². The summed E-state index contributed by atoms with van der Waals surface area (Å²) >= 11 is 5.80. The quantitative estimate of drug-likeness (QED) is 0.365. The molecule has 3 nitrogen and oxygen atoms in total. The van der Waals surface area contributed by atoms with Crippen molar-refractivity contribution in [3.63, 3.8) is 0 Å². The molecule has 0 aromatic rings. The third-order valence-corrected chi connectivity index (χ3v) is 3.37. The maximum absolute atomic E-state index is 8.42. The van der Waals surface area contributed by atoms with Crippen LogP contribution in [0.15, 0.2) is 0 Å². The molecule has 1 aliphatic rings. The number of nitrogens with one attached hydrogen (secondary N) is 1. The van der Waals surface area contributed by atoms with Crippen molar-refractivity contribution in [1.29, 1.82) is 0 Å². The van der Waals surface area contributed by atoms with Crippen molar-refractivity contribution in [1.82, 2.24) is 10.4 Å². The van der Waals surface area contributed by atoms with Crippen LogP contribution in [0.25, 0.3) is 0 Å². The molecule has 0 aromatic carbocycles. The highest BCUT2D eigenvalue weighted by atomic mass is 35.5. The summed E-state index contributed by atoms with van der Waals surface area (Å²) in [7, 11) is 0. The fourth-order valence-corrected chi connectivity index (χ4v) is 2.25. The summed E-state index contributed by atoms with van der Waals surface area (Å²) < 4.78 is 0. The van der Waals surface area contributed by atoms with Gasteiger partial charge in [-0.1, -0.05) is 12.8 Å². The zero-order valence-electron chi connectivity index (χ0n) is 9.42. The molecular formula is C11H23ClN2O. The van der Waals surface area contributed by atoms with Crippen molar-refractivity contribution in [3.8, 4) is 0 Å². The first-order valence-corrected chi connectivity index (χ1v) is 6.59. The first-order chi connectivity index (χ1) is 7.38. The number of hydroxylamine groups is 1. The predicted octanol–water partition coefficient (Wildman–Crippen LogP) is 2.23. The van der Waals surface area contributed by atoms with Gasteiger partial charge in [0.2, 0.25) is 0 Å². The Morgan fingerprint density at radius 2 is 2.00 bits per heavy atom. The van der Waals surface area contributed by atoms with Gasteiger partial charge in [0.1, 0.15) is 0 Å². The largest absolute Gasteiger partial charge is 0.317 e. The maximum atomic E-state index is 8.42. The summed E-state index contributed by atoms with van der Waals surface area (Å²) in [5.41, 5.74) is 2.19. The third kappa shape index (κ3) is 5.16. The molecule has 0 bridgehead atoms. The second-order valence-corrected chi connectivity index (χ2v) is 4.66. The van der Waals surface area contributed by atoms with Crippen LogP contribution in [0.1, 0.15) is 38.5 Å². The van der Waals surface area contributed by atoms with Crippen LogP contribution in [0.4, 0.5) is 0 Å². The van der Waals surface area contributed by atoms with Gasteiger partial charge in [0.05, 0.1) is 0 Å². The van der Waals surface area contributed by atoms with E-state index in [-0.39, 0.29) is 0 Å². The van der Waals surface area contributed by atoms with Gasteiger partial charge in [-0.05, 0) is 32.2 Å². The molecule has 90 valence electrons. The molecule has 0 aliphatic heterocycles. The Morgan fingerprint density at radius 3 is 2.53 bits per heavy atom. The van der Waals surface area contributed by atoms with Gasteiger partial charge in [-0.15, -0.1) is 11.6 Å². The lowest BCUT2D eigenvalue weighted by Crippen LogP contribution is -2.41. The number of alkyl halides is 1. The minimum atomic E-state index is 0.707. The summed E-state index contributed by atoms with van der Waals surface area (Å²) in [4.78, 5) is 2.53. The zero-order chi connectivity index (χ0) is 10.9. The minimum Gasteiger partial charge on any atom is -0.317 e. The fraction of sp³-hybridized carbons (Fsp3) is 1.00. The summed E-state index contributed by atoms with van der Waals surface area (Å²) in [6.45, 7) is 2.91. The van der Waals surface area contributed by atoms with E-state index in [0.717, 1.165) is 24.9 Å². The van der Waals surface area contributed by atoms with E-state index in [4.69, 9.17) is 16.8 Å². The second kappa shape index (κ2) is 8.34. The van der Waals surface area contributed by atoms with Gasteiger partial charge in [-0.25, -0.2) is 5.48 Å². The van der Waals surface area contributed by atoms with Gasteiger partial charge in [-0.2, -0.15) is 0 Å². The number of nitrogens with zero attached hydrogens (tertiary/aromatic N) is 1. The highest BCUT2D eigenvalue weighted by Gasteiger charge is 2.23. The normalized spacial score (nSPS) is 17.0. The standard InChI is InChI=1S/C11H23ClN2O/c12-7-10-14(11-5-4-6-11)9-3-1-2-8-13-15/h11,13,15H,1-10H2. The Labute approximate surface area is 97.7 Å². The smallest absolute Gasteiger partial charge is 0.0351 e. The predicted molar refractivity (Wildman–Crippen MR) is 63.6 cm³/mol. The van der Waals surface area contributed by atoms with Gasteiger partial charge in [0.15, 0.2) is 0 Å². The lowest BCUT2D eigenvalue weighted by Gasteiger charge is -2.37. The number of rotatable bonds is 9. The van der Waals surface area contributed by atoms with Crippen LogP contribution in [0, 0.1) is 0 Å². The van der Waals surface area contributed by atoms with Crippen molar-refractivity contribution < 1.29 is 5.21 Å². The van der Waals surface area contributed by atoms with Crippen LogP contribution in [-0.4, -0.2) is 41.7 Å². The number of halogens is 1. The molecule has 0 aromatic heterocycles. The molecule has 15 heavy (non-hydrogen) atoms. The van der Waals surface area contributed by atoms with Crippen molar-refractivity contribution in [2.45, 2.75) is 44.6 Å². The summed E-state index contributed by atoms with van der Waals surface area (Å²) in [5, 5.41) is 8.42. The van der Waals surface area contributed by atoms with Crippen LogP contribution >= 0.6 is 11.6 Å². The number of unbranched alkanes of at least 4 members (excludes halogenated alkanes) is 2. The van der Waals surface area contributed by atoms with Crippen molar-refractivity contribution in [3.05, 3.63) is 0 Å². The lowest BCUT2D eigenvalue weighted by atomic mass is 9.91. The van der Waals surface area contributed by atoms with E-state index in [0.29, 0.717) is 6.54 Å². The molecular weight excluding hydrogens is 212 g/mol. The molecule has 4 heteroatoms. The van der Waals surface area contributed by atoms with Gasteiger partial charge in [0, 0.05) is 25.0 Å². The van der Waals surface area contributed by atoms with Crippen LogP contribution in [0.2, 0.25) is 0 Å². The fourth-order valence-electron chi connectivity index (χ4n) is 2.03. The van der Waals surface area contributed by atoms with E-state index in [1.807, 2.05) is 0 Å². The summed E-state index contributed by atoms with van der Waals surface area (Å²) in [5.74, 6) is 0.745. The Bertz CT molecular complexity index is 154. The van der Waals surface area contributed by atoms with E-state index < -0.39 is 0 Å². The maximum Gasteiger partial charge on any atom is 0.0351 e. The Hall–Kier alpha value is 0.170. The summed E-state index contributed by atoms with van der Waals surface area (Å²) in [6.07, 6.45) is 7.55. The molecule has 0 spiro atoms. The molecule has 1 rings (SSSR count). The van der Waals surface area contributed by atoms with Gasteiger partial charge < -0.3 is 5.21 Å². The third-order valence-electron chi connectivity index (χ3n) is 3.20. The van der Waals surface area contributed by atoms with Crippen LogP contribution in [0.3, 0.4) is 0 Å². The van der Waals surface area contributed by atoms with Crippen LogP contribution in [-0.2, 0) is 0 Å². The van der Waals surface area contributed by atoms with Gasteiger partial charge in [0.25, 0.3) is 0 Å². The molecule has 0 saturated heterocycles. The number of hydrogen-bond acceptors (Lipinski definition) is 3. The Morgan fingerprint density at radius 1 is 1.20 bits per heavy atom. The van der Waals surface area contributed by atoms with Crippen molar-refractivity contribution >= 4 is 11.6 Å². The minimum absolute atomic E-state index is 0.707. The van der Waals surface area contributed by atoms with Crippen molar-refractivity contribution in [2.75, 3.05) is 25.5 Å². The first kappa shape index (κ1) is 13.2. The highest BCUT2D eigenvalue weighted by Crippen LogP contribution is 2.24. The average Bonchev–Trinajstić information content (AvgIpc) is 2.15. The van der Waals surface area contributed by atoms with Crippen LogP contribution in [0.5, 0.6) is 0 Å². The summed E-state index contributed by atoms with van der Waals surface area (Å²) in [6, 6.07) is 0.805. The molecule has 2 N–H and O–H groups in total. The molecule has 1 aliphatic carbocycles. The first-order valence-electron chi connectivity index (χ1n) is 6.05. The van der Waals surface area contributed by atoms with E-state index >= 15 is 0 Å². The Kier molecular flexibility index (Phi) is 7.36. The van der Waals surface area contributed by atoms with E-state index in [2.05, 4.69) is 10.4 Å². The molecule has 0 amide bonds. The molecule has 0 atom stereocenters. The van der Waals surface area contributed by atoms with E-state index in [9.17, 15) is 0 Å². The van der Waals surface area contributed by atoms with Gasteiger partial charge >= 0.3 is 0 Å². The highest BCUT2D eigenvalue weighted by molar-refractivity contribution is 6.18. The lowest BCUT2D eigenvalue weighted by molar-refractivity contribution is 0.130.